The van der Waals surface area contributed by atoms with E-state index in [1.807, 2.05) is 4.90 Å². The monoisotopic (exact) mass is 291 g/mol. The second-order valence-corrected chi connectivity index (χ2v) is 5.33. The van der Waals surface area contributed by atoms with E-state index in [0.29, 0.717) is 11.9 Å². The van der Waals surface area contributed by atoms with Crippen LogP contribution in [-0.2, 0) is 4.79 Å². The summed E-state index contributed by atoms with van der Waals surface area (Å²) in [5.74, 6) is 0.311. The first-order valence-electron chi connectivity index (χ1n) is 6.48. The SMILES string of the molecule is CCCCCCCC(=O)N(CCBr)C(C)C. The summed E-state index contributed by atoms with van der Waals surface area (Å²) in [4.78, 5) is 13.9. The van der Waals surface area contributed by atoms with Crippen molar-refractivity contribution in [3.63, 3.8) is 0 Å². The van der Waals surface area contributed by atoms with Gasteiger partial charge >= 0.3 is 0 Å². The first-order chi connectivity index (χ1) is 7.63. The third kappa shape index (κ3) is 7.26. The summed E-state index contributed by atoms with van der Waals surface area (Å²) in [6.07, 6.45) is 6.78. The molecule has 0 N–H and O–H groups in total. The van der Waals surface area contributed by atoms with E-state index in [9.17, 15) is 4.79 Å². The van der Waals surface area contributed by atoms with E-state index in [0.717, 1.165) is 24.7 Å². The maximum absolute atomic E-state index is 11.9. The smallest absolute Gasteiger partial charge is 0.222 e. The van der Waals surface area contributed by atoms with E-state index in [-0.39, 0.29) is 0 Å². The molecule has 0 aromatic heterocycles. The molecule has 0 heterocycles. The fourth-order valence-electron chi connectivity index (χ4n) is 1.79. The lowest BCUT2D eigenvalue weighted by molar-refractivity contribution is -0.132. The Morgan fingerprint density at radius 1 is 1.19 bits per heavy atom. The van der Waals surface area contributed by atoms with Crippen LogP contribution in [0.3, 0.4) is 0 Å². The van der Waals surface area contributed by atoms with Gasteiger partial charge in [0.2, 0.25) is 5.91 Å². The van der Waals surface area contributed by atoms with Gasteiger partial charge in [-0.3, -0.25) is 4.79 Å². The minimum atomic E-state index is 0.311. The molecule has 0 aromatic rings. The molecule has 0 unspecified atom stereocenters. The lowest BCUT2D eigenvalue weighted by Crippen LogP contribution is -2.38. The number of rotatable bonds is 9. The molecule has 2 nitrogen and oxygen atoms in total. The van der Waals surface area contributed by atoms with Gasteiger partial charge in [-0.15, -0.1) is 0 Å². The molecule has 96 valence electrons. The van der Waals surface area contributed by atoms with Crippen LogP contribution in [0.1, 0.15) is 59.3 Å². The average molecular weight is 292 g/mol. The summed E-state index contributed by atoms with van der Waals surface area (Å²) in [6.45, 7) is 7.20. The molecule has 0 saturated heterocycles. The maximum Gasteiger partial charge on any atom is 0.222 e. The van der Waals surface area contributed by atoms with E-state index in [1.165, 1.54) is 25.7 Å². The molecular weight excluding hydrogens is 266 g/mol. The molecule has 0 saturated carbocycles. The number of halogens is 1. The predicted octanol–water partition coefficient (Wildman–Crippen LogP) is 3.98. The molecule has 0 atom stereocenters. The molecule has 0 bridgehead atoms. The molecular formula is C13H26BrNO. The summed E-state index contributed by atoms with van der Waals surface area (Å²) >= 11 is 3.40. The van der Waals surface area contributed by atoms with E-state index in [1.54, 1.807) is 0 Å². The number of alkyl halides is 1. The van der Waals surface area contributed by atoms with Crippen LogP contribution >= 0.6 is 15.9 Å². The van der Waals surface area contributed by atoms with Crippen LogP contribution in [0.15, 0.2) is 0 Å². The summed E-state index contributed by atoms with van der Waals surface area (Å²) in [5, 5.41) is 0.868. The third-order valence-electron chi connectivity index (χ3n) is 2.76. The van der Waals surface area contributed by atoms with Crippen LogP contribution in [0.2, 0.25) is 0 Å². The minimum absolute atomic E-state index is 0.311. The highest BCUT2D eigenvalue weighted by Gasteiger charge is 2.15. The standard InChI is InChI=1S/C13H26BrNO/c1-4-5-6-7-8-9-13(16)15(11-10-14)12(2)3/h12H,4-11H2,1-3H3. The van der Waals surface area contributed by atoms with Crippen molar-refractivity contribution < 1.29 is 4.79 Å². The fourth-order valence-corrected chi connectivity index (χ4v) is 2.17. The van der Waals surface area contributed by atoms with Gasteiger partial charge in [0.25, 0.3) is 0 Å². The molecule has 3 heteroatoms. The van der Waals surface area contributed by atoms with Gasteiger partial charge in [0.1, 0.15) is 0 Å². The Balaban J connectivity index is 3.74. The molecule has 16 heavy (non-hydrogen) atoms. The van der Waals surface area contributed by atoms with Gasteiger partial charge < -0.3 is 4.90 Å². The highest BCUT2D eigenvalue weighted by atomic mass is 79.9. The van der Waals surface area contributed by atoms with Crippen molar-refractivity contribution in [3.8, 4) is 0 Å². The van der Waals surface area contributed by atoms with Crippen LogP contribution in [0.5, 0.6) is 0 Å². The zero-order valence-corrected chi connectivity index (χ0v) is 12.6. The number of carbonyl (C=O) groups excluding carboxylic acids is 1. The Morgan fingerprint density at radius 3 is 2.31 bits per heavy atom. The summed E-state index contributed by atoms with van der Waals surface area (Å²) in [6, 6.07) is 0.320. The molecule has 0 rings (SSSR count). The average Bonchev–Trinajstić information content (AvgIpc) is 2.24. The van der Waals surface area contributed by atoms with Crippen LogP contribution < -0.4 is 0 Å². The lowest BCUT2D eigenvalue weighted by Gasteiger charge is -2.26. The first kappa shape index (κ1) is 16.0. The molecule has 0 aliphatic heterocycles. The Hall–Kier alpha value is -0.0500. The Morgan fingerprint density at radius 2 is 1.81 bits per heavy atom. The summed E-state index contributed by atoms with van der Waals surface area (Å²) < 4.78 is 0. The predicted molar refractivity (Wildman–Crippen MR) is 74.0 cm³/mol. The van der Waals surface area contributed by atoms with E-state index in [2.05, 4.69) is 36.7 Å². The van der Waals surface area contributed by atoms with E-state index in [4.69, 9.17) is 0 Å². The van der Waals surface area contributed by atoms with Gasteiger partial charge in [-0.1, -0.05) is 48.5 Å². The van der Waals surface area contributed by atoms with E-state index < -0.39 is 0 Å². The molecule has 0 aliphatic carbocycles. The Labute approximate surface area is 109 Å². The minimum Gasteiger partial charge on any atom is -0.339 e. The van der Waals surface area contributed by atoms with Crippen LogP contribution in [-0.4, -0.2) is 28.7 Å². The Kier molecular flexibility index (Phi) is 10.1. The van der Waals surface area contributed by atoms with Gasteiger partial charge in [-0.05, 0) is 20.3 Å². The quantitative estimate of drug-likeness (QED) is 0.465. The largest absolute Gasteiger partial charge is 0.339 e. The first-order valence-corrected chi connectivity index (χ1v) is 7.61. The maximum atomic E-state index is 11.9. The number of hydrogen-bond acceptors (Lipinski definition) is 1. The number of hydrogen-bond donors (Lipinski definition) is 0. The van der Waals surface area contributed by atoms with Crippen molar-refractivity contribution >= 4 is 21.8 Å². The van der Waals surface area contributed by atoms with E-state index >= 15 is 0 Å². The molecule has 0 fully saturated rings. The molecule has 1 amide bonds. The number of nitrogens with zero attached hydrogens (tertiary/aromatic N) is 1. The highest BCUT2D eigenvalue weighted by molar-refractivity contribution is 9.09. The third-order valence-corrected chi connectivity index (χ3v) is 3.12. The van der Waals surface area contributed by atoms with Crippen LogP contribution in [0.4, 0.5) is 0 Å². The lowest BCUT2D eigenvalue weighted by atomic mass is 10.1. The van der Waals surface area contributed by atoms with Crippen molar-refractivity contribution in [3.05, 3.63) is 0 Å². The zero-order chi connectivity index (χ0) is 12.4. The highest BCUT2D eigenvalue weighted by Crippen LogP contribution is 2.09. The van der Waals surface area contributed by atoms with Gasteiger partial charge in [0.05, 0.1) is 0 Å². The summed E-state index contributed by atoms with van der Waals surface area (Å²) in [7, 11) is 0. The molecule has 0 spiro atoms. The second kappa shape index (κ2) is 10.1. The number of amides is 1. The van der Waals surface area contributed by atoms with Crippen molar-refractivity contribution in [2.24, 2.45) is 0 Å². The number of unbranched alkanes of at least 4 members (excludes halogenated alkanes) is 4. The van der Waals surface area contributed by atoms with Crippen molar-refractivity contribution in [2.45, 2.75) is 65.3 Å². The van der Waals surface area contributed by atoms with Gasteiger partial charge in [0.15, 0.2) is 0 Å². The topological polar surface area (TPSA) is 20.3 Å². The molecule has 0 aliphatic rings. The normalized spacial score (nSPS) is 10.8. The van der Waals surface area contributed by atoms with Crippen molar-refractivity contribution in [1.82, 2.24) is 4.90 Å². The zero-order valence-electron chi connectivity index (χ0n) is 11.0. The summed E-state index contributed by atoms with van der Waals surface area (Å²) in [5.41, 5.74) is 0. The van der Waals surface area contributed by atoms with Crippen LogP contribution in [0.25, 0.3) is 0 Å². The number of carbonyl (C=O) groups is 1. The molecule has 0 radical (unpaired) electrons. The Bertz CT molecular complexity index is 183. The van der Waals surface area contributed by atoms with Gasteiger partial charge in [-0.25, -0.2) is 0 Å². The van der Waals surface area contributed by atoms with Gasteiger partial charge in [-0.2, -0.15) is 0 Å². The van der Waals surface area contributed by atoms with Crippen LogP contribution in [0, 0.1) is 0 Å². The fraction of sp³-hybridized carbons (Fsp3) is 0.923. The van der Waals surface area contributed by atoms with Crippen molar-refractivity contribution in [1.29, 1.82) is 0 Å². The van der Waals surface area contributed by atoms with Crippen molar-refractivity contribution in [2.75, 3.05) is 11.9 Å². The second-order valence-electron chi connectivity index (χ2n) is 4.53. The van der Waals surface area contributed by atoms with Gasteiger partial charge in [0, 0.05) is 24.3 Å². The molecule has 0 aromatic carbocycles.